The van der Waals surface area contributed by atoms with Gasteiger partial charge in [0.15, 0.2) is 0 Å². The summed E-state index contributed by atoms with van der Waals surface area (Å²) in [5.74, 6) is 0.663. The van der Waals surface area contributed by atoms with Gasteiger partial charge < -0.3 is 4.52 Å². The molecule has 19 heavy (non-hydrogen) atoms. The van der Waals surface area contributed by atoms with E-state index in [4.69, 9.17) is 4.52 Å². The predicted octanol–water partition coefficient (Wildman–Crippen LogP) is 2.27. The van der Waals surface area contributed by atoms with Crippen LogP contribution in [0, 0.1) is 6.92 Å². The molecular weight excluding hydrogens is 332 g/mol. The summed E-state index contributed by atoms with van der Waals surface area (Å²) in [6, 6.07) is 8.26. The van der Waals surface area contributed by atoms with E-state index in [0.717, 1.165) is 10.2 Å². The minimum Gasteiger partial charge on any atom is -0.361 e. The first kappa shape index (κ1) is 14.2. The van der Waals surface area contributed by atoms with Gasteiger partial charge in [-0.2, -0.15) is 0 Å². The fourth-order valence-corrected chi connectivity index (χ4v) is 2.84. The van der Waals surface area contributed by atoms with Crippen LogP contribution in [0.3, 0.4) is 0 Å². The summed E-state index contributed by atoms with van der Waals surface area (Å²) < 4.78 is 32.3. The highest BCUT2D eigenvalue weighted by Gasteiger charge is 2.13. The van der Waals surface area contributed by atoms with E-state index >= 15 is 0 Å². The molecule has 2 rings (SSSR count). The Balaban J connectivity index is 1.96. The van der Waals surface area contributed by atoms with Gasteiger partial charge in [0.1, 0.15) is 5.76 Å². The number of benzene rings is 1. The standard InChI is InChI=1S/C12H13BrN2O3S/c1-9-8-11(18-15-9)6-7-14-19(16,17)12-4-2-10(13)3-5-12/h2-5,8,14H,6-7H2,1H3. The maximum Gasteiger partial charge on any atom is 0.240 e. The number of hydrogen-bond donors (Lipinski definition) is 1. The van der Waals surface area contributed by atoms with Crippen molar-refractivity contribution < 1.29 is 12.9 Å². The van der Waals surface area contributed by atoms with Crippen LogP contribution < -0.4 is 4.72 Å². The van der Waals surface area contributed by atoms with Crippen LogP contribution in [-0.4, -0.2) is 20.1 Å². The first-order chi connectivity index (χ1) is 8.97. The van der Waals surface area contributed by atoms with Gasteiger partial charge in [-0.05, 0) is 31.2 Å². The second kappa shape index (κ2) is 5.85. The van der Waals surface area contributed by atoms with Crippen LogP contribution >= 0.6 is 15.9 Å². The average Bonchev–Trinajstić information content (AvgIpc) is 2.75. The van der Waals surface area contributed by atoms with Crippen molar-refractivity contribution in [1.82, 2.24) is 9.88 Å². The van der Waals surface area contributed by atoms with E-state index in [0.29, 0.717) is 12.2 Å². The SMILES string of the molecule is Cc1cc(CCNS(=O)(=O)c2ccc(Br)cc2)on1. The van der Waals surface area contributed by atoms with Gasteiger partial charge in [-0.25, -0.2) is 13.1 Å². The summed E-state index contributed by atoms with van der Waals surface area (Å²) in [4.78, 5) is 0.240. The van der Waals surface area contributed by atoms with Gasteiger partial charge in [0.2, 0.25) is 10.0 Å². The lowest BCUT2D eigenvalue weighted by atomic mass is 10.3. The molecule has 0 fully saturated rings. The smallest absolute Gasteiger partial charge is 0.240 e. The minimum atomic E-state index is -3.47. The minimum absolute atomic E-state index is 0.240. The fourth-order valence-electron chi connectivity index (χ4n) is 1.54. The molecule has 0 unspecified atom stereocenters. The van der Waals surface area contributed by atoms with E-state index in [1.165, 1.54) is 0 Å². The largest absolute Gasteiger partial charge is 0.361 e. The molecule has 0 atom stereocenters. The van der Waals surface area contributed by atoms with Crippen molar-refractivity contribution in [2.75, 3.05) is 6.54 Å². The zero-order chi connectivity index (χ0) is 13.9. The van der Waals surface area contributed by atoms with Crippen LogP contribution in [-0.2, 0) is 16.4 Å². The molecule has 1 aromatic carbocycles. The Morgan fingerprint density at radius 1 is 1.32 bits per heavy atom. The third kappa shape index (κ3) is 3.89. The molecule has 0 saturated carbocycles. The van der Waals surface area contributed by atoms with Gasteiger partial charge in [0.25, 0.3) is 0 Å². The predicted molar refractivity (Wildman–Crippen MR) is 74.3 cm³/mol. The molecule has 0 aliphatic rings. The number of hydrogen-bond acceptors (Lipinski definition) is 4. The van der Waals surface area contributed by atoms with Crippen LogP contribution in [0.1, 0.15) is 11.5 Å². The number of nitrogens with zero attached hydrogens (tertiary/aromatic N) is 1. The molecule has 0 aliphatic carbocycles. The molecule has 5 nitrogen and oxygen atoms in total. The van der Waals surface area contributed by atoms with E-state index < -0.39 is 10.0 Å². The Morgan fingerprint density at radius 3 is 2.58 bits per heavy atom. The van der Waals surface area contributed by atoms with E-state index in [9.17, 15) is 8.42 Å². The second-order valence-electron chi connectivity index (χ2n) is 4.04. The van der Waals surface area contributed by atoms with Crippen LogP contribution in [0.15, 0.2) is 44.2 Å². The first-order valence-electron chi connectivity index (χ1n) is 5.65. The summed E-state index contributed by atoms with van der Waals surface area (Å²) >= 11 is 3.26. The van der Waals surface area contributed by atoms with Crippen LogP contribution in [0.2, 0.25) is 0 Å². The quantitative estimate of drug-likeness (QED) is 0.902. The number of aromatic nitrogens is 1. The van der Waals surface area contributed by atoms with E-state index in [-0.39, 0.29) is 11.4 Å². The monoisotopic (exact) mass is 344 g/mol. The van der Waals surface area contributed by atoms with Crippen LogP contribution in [0.25, 0.3) is 0 Å². The Labute approximate surface area is 120 Å². The van der Waals surface area contributed by atoms with Crippen LogP contribution in [0.4, 0.5) is 0 Å². The summed E-state index contributed by atoms with van der Waals surface area (Å²) in [7, 11) is -3.47. The molecule has 1 aromatic heterocycles. The van der Waals surface area contributed by atoms with Gasteiger partial charge in [-0.3, -0.25) is 0 Å². The molecule has 1 N–H and O–H groups in total. The number of nitrogens with one attached hydrogen (secondary N) is 1. The van der Waals surface area contributed by atoms with Crippen molar-refractivity contribution >= 4 is 26.0 Å². The summed E-state index contributed by atoms with van der Waals surface area (Å²) in [6.45, 7) is 2.09. The number of rotatable bonds is 5. The Kier molecular flexibility index (Phi) is 4.38. The Hall–Kier alpha value is -1.18. The number of halogens is 1. The van der Waals surface area contributed by atoms with Crippen molar-refractivity contribution in [3.63, 3.8) is 0 Å². The molecular formula is C12H13BrN2O3S. The van der Waals surface area contributed by atoms with Gasteiger partial charge in [0.05, 0.1) is 10.6 Å². The van der Waals surface area contributed by atoms with Gasteiger partial charge in [-0.1, -0.05) is 21.1 Å². The summed E-state index contributed by atoms with van der Waals surface area (Å²) in [5.41, 5.74) is 0.783. The van der Waals surface area contributed by atoms with E-state index in [2.05, 4.69) is 25.8 Å². The lowest BCUT2D eigenvalue weighted by Gasteiger charge is -2.05. The van der Waals surface area contributed by atoms with Gasteiger partial charge in [0, 0.05) is 23.5 Å². The lowest BCUT2D eigenvalue weighted by Crippen LogP contribution is -2.25. The maximum atomic E-state index is 12.0. The molecule has 2 aromatic rings. The van der Waals surface area contributed by atoms with E-state index in [1.807, 2.05) is 6.92 Å². The molecule has 7 heteroatoms. The second-order valence-corrected chi connectivity index (χ2v) is 6.72. The van der Waals surface area contributed by atoms with Crippen LogP contribution in [0.5, 0.6) is 0 Å². The topological polar surface area (TPSA) is 72.2 Å². The van der Waals surface area contributed by atoms with Gasteiger partial charge in [-0.15, -0.1) is 0 Å². The average molecular weight is 345 g/mol. The molecule has 0 spiro atoms. The zero-order valence-corrected chi connectivity index (χ0v) is 12.7. The Morgan fingerprint density at radius 2 is 2.00 bits per heavy atom. The van der Waals surface area contributed by atoms with E-state index in [1.54, 1.807) is 30.3 Å². The van der Waals surface area contributed by atoms with Crippen molar-refractivity contribution in [2.24, 2.45) is 0 Å². The molecule has 0 radical (unpaired) electrons. The Bertz CT molecular complexity index is 650. The molecule has 0 saturated heterocycles. The normalized spacial score (nSPS) is 11.7. The van der Waals surface area contributed by atoms with Crippen molar-refractivity contribution in [1.29, 1.82) is 0 Å². The highest BCUT2D eigenvalue weighted by molar-refractivity contribution is 9.10. The molecule has 102 valence electrons. The maximum absolute atomic E-state index is 12.0. The zero-order valence-electron chi connectivity index (χ0n) is 10.3. The number of aryl methyl sites for hydroxylation is 1. The third-order valence-electron chi connectivity index (χ3n) is 2.46. The highest BCUT2D eigenvalue weighted by Crippen LogP contribution is 2.14. The van der Waals surface area contributed by atoms with Crippen molar-refractivity contribution in [3.8, 4) is 0 Å². The number of sulfonamides is 1. The summed E-state index contributed by atoms with van der Waals surface area (Å²) in [5, 5.41) is 3.74. The molecule has 0 bridgehead atoms. The van der Waals surface area contributed by atoms with Gasteiger partial charge >= 0.3 is 0 Å². The lowest BCUT2D eigenvalue weighted by molar-refractivity contribution is 0.379. The molecule has 1 heterocycles. The van der Waals surface area contributed by atoms with Crippen molar-refractivity contribution in [2.45, 2.75) is 18.2 Å². The molecule has 0 amide bonds. The highest BCUT2D eigenvalue weighted by atomic mass is 79.9. The summed E-state index contributed by atoms with van der Waals surface area (Å²) in [6.07, 6.45) is 0.469. The first-order valence-corrected chi connectivity index (χ1v) is 7.92. The third-order valence-corrected chi connectivity index (χ3v) is 4.47. The molecule has 0 aliphatic heterocycles. The van der Waals surface area contributed by atoms with Crippen molar-refractivity contribution in [3.05, 3.63) is 46.3 Å². The fraction of sp³-hybridized carbons (Fsp3) is 0.250.